The van der Waals surface area contributed by atoms with Crippen molar-refractivity contribution in [2.45, 2.75) is 87.7 Å². The third kappa shape index (κ3) is 5.61. The summed E-state index contributed by atoms with van der Waals surface area (Å²) in [7, 11) is 0. The van der Waals surface area contributed by atoms with Crippen LogP contribution in [0.3, 0.4) is 0 Å². The third-order valence-corrected chi connectivity index (χ3v) is 5.89. The molecule has 2 fully saturated rings. The molecule has 2 saturated carbocycles. The number of halogens is 2. The van der Waals surface area contributed by atoms with Crippen molar-refractivity contribution in [3.8, 4) is 0 Å². The fraction of sp³-hybridized carbons (Fsp3) is 0.737. The minimum absolute atomic E-state index is 0.0812. The van der Waals surface area contributed by atoms with Gasteiger partial charge in [-0.2, -0.15) is 0 Å². The normalized spacial score (nSPS) is 19.2. The van der Waals surface area contributed by atoms with Crippen molar-refractivity contribution in [3.63, 3.8) is 0 Å². The Morgan fingerprint density at radius 1 is 1.11 bits per heavy atom. The van der Waals surface area contributed by atoms with Gasteiger partial charge in [-0.15, -0.1) is 0 Å². The van der Waals surface area contributed by atoms with E-state index in [0.717, 1.165) is 51.4 Å². The summed E-state index contributed by atoms with van der Waals surface area (Å²) >= 11 is 11.7. The maximum absolute atomic E-state index is 12.5. The van der Waals surface area contributed by atoms with Crippen LogP contribution in [0.2, 0.25) is 0 Å². The highest BCUT2D eigenvalue weighted by atomic mass is 35.5. The van der Waals surface area contributed by atoms with Crippen LogP contribution in [0.15, 0.2) is 10.7 Å². The van der Waals surface area contributed by atoms with Crippen LogP contribution in [-0.4, -0.2) is 38.6 Å². The van der Waals surface area contributed by atoms with E-state index in [1.807, 2.05) is 0 Å². The summed E-state index contributed by atoms with van der Waals surface area (Å²) < 4.78 is 5.47. The third-order valence-electron chi connectivity index (χ3n) is 5.52. The molecule has 0 unspecified atom stereocenters. The van der Waals surface area contributed by atoms with Gasteiger partial charge in [-0.25, -0.2) is 4.98 Å². The second-order valence-corrected chi connectivity index (χ2v) is 8.59. The quantitative estimate of drug-likeness (QED) is 0.706. The molecule has 1 heterocycles. The van der Waals surface area contributed by atoms with Crippen molar-refractivity contribution in [1.29, 1.82) is 0 Å². The Labute approximate surface area is 170 Å². The van der Waals surface area contributed by atoms with Crippen LogP contribution in [0.4, 0.5) is 0 Å². The van der Waals surface area contributed by atoms with E-state index in [4.69, 9.17) is 27.6 Å². The maximum Gasteiger partial charge on any atom is 0.273 e. The number of nitrogens with zero attached hydrogens (tertiary/aromatic N) is 2. The summed E-state index contributed by atoms with van der Waals surface area (Å²) in [6, 6.07) is 0.289. The summed E-state index contributed by atoms with van der Waals surface area (Å²) in [5, 5.41) is 3.02. The highest BCUT2D eigenvalue weighted by Gasteiger charge is 2.30. The Hall–Kier alpha value is -1.27. The molecule has 8 heteroatoms. The lowest BCUT2D eigenvalue weighted by Crippen LogP contribution is -2.43. The lowest BCUT2D eigenvalue weighted by molar-refractivity contribution is -0.133. The SMILES string of the molecule is O=C(NC1CCCCC1)c1coc(CN(C(=O)C(Cl)Cl)C2CCCCC2)n1. The molecule has 0 aliphatic heterocycles. The van der Waals surface area contributed by atoms with Crippen LogP contribution in [0.5, 0.6) is 0 Å². The molecule has 2 aliphatic carbocycles. The first kappa shape index (κ1) is 20.5. The van der Waals surface area contributed by atoms with Gasteiger partial charge in [0, 0.05) is 12.1 Å². The van der Waals surface area contributed by atoms with Crippen molar-refractivity contribution in [2.75, 3.05) is 0 Å². The molecule has 0 saturated heterocycles. The number of rotatable bonds is 6. The zero-order valence-electron chi connectivity index (χ0n) is 15.5. The molecule has 150 valence electrons. The van der Waals surface area contributed by atoms with E-state index in [0.29, 0.717) is 5.89 Å². The summed E-state index contributed by atoms with van der Waals surface area (Å²) in [5.41, 5.74) is 0.250. The lowest BCUT2D eigenvalue weighted by atomic mass is 9.94. The van der Waals surface area contributed by atoms with Crippen molar-refractivity contribution < 1.29 is 14.0 Å². The number of nitrogens with one attached hydrogen (secondary N) is 1. The van der Waals surface area contributed by atoms with Gasteiger partial charge in [-0.3, -0.25) is 9.59 Å². The van der Waals surface area contributed by atoms with Gasteiger partial charge < -0.3 is 14.6 Å². The zero-order valence-corrected chi connectivity index (χ0v) is 17.0. The number of carbonyl (C=O) groups excluding carboxylic acids is 2. The lowest BCUT2D eigenvalue weighted by Gasteiger charge is -2.33. The van der Waals surface area contributed by atoms with Crippen molar-refractivity contribution in [2.24, 2.45) is 0 Å². The molecule has 1 aromatic rings. The standard InChI is InChI=1S/C19H27Cl2N3O3/c20-17(21)19(26)24(14-9-5-2-6-10-14)11-16-23-15(12-27-16)18(25)22-13-7-3-1-4-8-13/h12-14,17H,1-11H2,(H,22,25). The molecule has 0 atom stereocenters. The molecule has 1 N–H and O–H groups in total. The largest absolute Gasteiger partial charge is 0.446 e. The Balaban J connectivity index is 1.64. The second kappa shape index (κ2) is 9.78. The predicted molar refractivity (Wildman–Crippen MR) is 104 cm³/mol. The number of aromatic nitrogens is 1. The minimum Gasteiger partial charge on any atom is -0.446 e. The van der Waals surface area contributed by atoms with Crippen molar-refractivity contribution in [3.05, 3.63) is 17.8 Å². The van der Waals surface area contributed by atoms with E-state index < -0.39 is 4.84 Å². The number of amides is 2. The van der Waals surface area contributed by atoms with Crippen molar-refractivity contribution >= 4 is 35.0 Å². The monoisotopic (exact) mass is 415 g/mol. The Kier molecular flexibility index (Phi) is 7.41. The number of carbonyl (C=O) groups is 2. The molecular weight excluding hydrogens is 389 g/mol. The highest BCUT2D eigenvalue weighted by molar-refractivity contribution is 6.53. The number of hydrogen-bond acceptors (Lipinski definition) is 4. The number of hydrogen-bond donors (Lipinski definition) is 1. The van der Waals surface area contributed by atoms with E-state index in [-0.39, 0.29) is 36.1 Å². The first-order chi connectivity index (χ1) is 13.0. The van der Waals surface area contributed by atoms with E-state index >= 15 is 0 Å². The number of alkyl halides is 2. The smallest absolute Gasteiger partial charge is 0.273 e. The predicted octanol–water partition coefficient (Wildman–Crippen LogP) is 4.20. The first-order valence-electron chi connectivity index (χ1n) is 9.88. The second-order valence-electron chi connectivity index (χ2n) is 7.49. The topological polar surface area (TPSA) is 75.4 Å². The first-order valence-corrected chi connectivity index (χ1v) is 10.8. The van der Waals surface area contributed by atoms with E-state index in [2.05, 4.69) is 10.3 Å². The van der Waals surface area contributed by atoms with Gasteiger partial charge in [0.15, 0.2) is 10.5 Å². The molecule has 0 spiro atoms. The van der Waals surface area contributed by atoms with E-state index in [1.54, 1.807) is 4.90 Å². The van der Waals surface area contributed by atoms with Crippen LogP contribution < -0.4 is 5.32 Å². The summed E-state index contributed by atoms with van der Waals surface area (Å²) in [6.45, 7) is 0.177. The molecule has 3 rings (SSSR count). The Morgan fingerprint density at radius 2 is 1.74 bits per heavy atom. The molecular formula is C19H27Cl2N3O3. The Morgan fingerprint density at radius 3 is 2.37 bits per heavy atom. The van der Waals surface area contributed by atoms with Crippen molar-refractivity contribution in [1.82, 2.24) is 15.2 Å². The molecule has 6 nitrogen and oxygen atoms in total. The van der Waals surface area contributed by atoms with Gasteiger partial charge in [0.25, 0.3) is 11.8 Å². The molecule has 1 aromatic heterocycles. The molecule has 0 aromatic carbocycles. The van der Waals surface area contributed by atoms with Crippen LogP contribution in [-0.2, 0) is 11.3 Å². The minimum atomic E-state index is -1.11. The maximum atomic E-state index is 12.5. The summed E-state index contributed by atoms with van der Waals surface area (Å²) in [6.07, 6.45) is 12.0. The van der Waals surface area contributed by atoms with E-state index in [1.165, 1.54) is 19.1 Å². The van der Waals surface area contributed by atoms with Crippen LogP contribution in [0.25, 0.3) is 0 Å². The summed E-state index contributed by atoms with van der Waals surface area (Å²) in [4.78, 5) is 29.7. The highest BCUT2D eigenvalue weighted by Crippen LogP contribution is 2.26. The van der Waals surface area contributed by atoms with Gasteiger partial charge in [-0.1, -0.05) is 61.7 Å². The molecule has 0 bridgehead atoms. The average molecular weight is 416 g/mol. The van der Waals surface area contributed by atoms with Gasteiger partial charge in [0.1, 0.15) is 6.26 Å². The molecule has 27 heavy (non-hydrogen) atoms. The van der Waals surface area contributed by atoms with Gasteiger partial charge in [-0.05, 0) is 25.7 Å². The van der Waals surface area contributed by atoms with Crippen LogP contribution in [0.1, 0.15) is 80.6 Å². The number of oxazole rings is 1. The average Bonchev–Trinajstić information content (AvgIpc) is 3.16. The molecule has 2 aliphatic rings. The van der Waals surface area contributed by atoms with Gasteiger partial charge >= 0.3 is 0 Å². The molecule has 0 radical (unpaired) electrons. The fourth-order valence-corrected chi connectivity index (χ4v) is 4.30. The van der Waals surface area contributed by atoms with Gasteiger partial charge in [0.2, 0.25) is 5.89 Å². The van der Waals surface area contributed by atoms with E-state index in [9.17, 15) is 9.59 Å². The van der Waals surface area contributed by atoms with Crippen LogP contribution >= 0.6 is 23.2 Å². The van der Waals surface area contributed by atoms with Gasteiger partial charge in [0.05, 0.1) is 6.54 Å². The Bertz CT molecular complexity index is 638. The molecule has 2 amide bonds. The zero-order chi connectivity index (χ0) is 19.2. The van der Waals surface area contributed by atoms with Crippen LogP contribution in [0, 0.1) is 0 Å². The fourth-order valence-electron chi connectivity index (χ4n) is 4.04. The summed E-state index contributed by atoms with van der Waals surface area (Å²) in [5.74, 6) is -0.228.